The summed E-state index contributed by atoms with van der Waals surface area (Å²) in [5.74, 6) is 1.26. The van der Waals surface area contributed by atoms with Gasteiger partial charge in [-0.05, 0) is 45.0 Å². The predicted octanol–water partition coefficient (Wildman–Crippen LogP) is 2.70. The predicted molar refractivity (Wildman–Crippen MR) is 84.4 cm³/mol. The third-order valence-corrected chi connectivity index (χ3v) is 4.71. The summed E-state index contributed by atoms with van der Waals surface area (Å²) >= 11 is 0. The first kappa shape index (κ1) is 15.8. The average molecular weight is 317 g/mol. The van der Waals surface area contributed by atoms with E-state index in [4.69, 9.17) is 8.94 Å². The molecule has 23 heavy (non-hydrogen) atoms. The summed E-state index contributed by atoms with van der Waals surface area (Å²) < 4.78 is 10.3. The van der Waals surface area contributed by atoms with Gasteiger partial charge in [-0.25, -0.2) is 0 Å². The fraction of sp³-hybridized carbons (Fsp3) is 0.529. The maximum Gasteiger partial charge on any atom is 0.226 e. The molecule has 2 aromatic heterocycles. The van der Waals surface area contributed by atoms with E-state index in [9.17, 15) is 4.79 Å². The highest BCUT2D eigenvalue weighted by molar-refractivity contribution is 5.79. The first-order valence-electron chi connectivity index (χ1n) is 8.07. The Kier molecular flexibility index (Phi) is 4.81. The monoisotopic (exact) mass is 317 g/mol. The molecule has 3 rings (SSSR count). The lowest BCUT2D eigenvalue weighted by atomic mass is 9.94. The number of carbonyl (C=O) groups excluding carboxylic acids is 1. The van der Waals surface area contributed by atoms with Gasteiger partial charge >= 0.3 is 0 Å². The summed E-state index contributed by atoms with van der Waals surface area (Å²) in [6.45, 7) is 4.63. The Morgan fingerprint density at radius 2 is 2.17 bits per heavy atom. The number of rotatable bonds is 5. The average Bonchev–Trinajstić information content (AvgIpc) is 3.27. The summed E-state index contributed by atoms with van der Waals surface area (Å²) in [7, 11) is 1.84. The molecule has 2 aromatic rings. The van der Waals surface area contributed by atoms with Gasteiger partial charge in [0.05, 0.1) is 18.8 Å². The molecule has 0 bridgehead atoms. The number of aromatic nitrogens is 1. The molecule has 0 unspecified atom stereocenters. The van der Waals surface area contributed by atoms with E-state index >= 15 is 0 Å². The van der Waals surface area contributed by atoms with Crippen molar-refractivity contribution in [3.05, 3.63) is 42.2 Å². The standard InChI is InChI=1S/C17H23N3O3/c1-13(16-7-11-23-18-16)19(2)17(21)14-5-8-20(9-6-14)12-15-4-3-10-22-15/h3-4,7,10-11,13-14H,5-6,8-9,12H2,1-2H3/t13-/m0/s1. The maximum atomic E-state index is 12.7. The Morgan fingerprint density at radius 1 is 1.39 bits per heavy atom. The number of hydrogen-bond acceptors (Lipinski definition) is 5. The number of amides is 1. The van der Waals surface area contributed by atoms with E-state index in [1.807, 2.05) is 26.1 Å². The van der Waals surface area contributed by atoms with Gasteiger partial charge in [0.2, 0.25) is 5.91 Å². The number of nitrogens with zero attached hydrogens (tertiary/aromatic N) is 3. The molecule has 1 atom stereocenters. The Hall–Kier alpha value is -2.08. The summed E-state index contributed by atoms with van der Waals surface area (Å²) in [6.07, 6.45) is 5.01. The molecule has 0 radical (unpaired) electrons. The van der Waals surface area contributed by atoms with Gasteiger partial charge in [-0.2, -0.15) is 0 Å². The zero-order valence-electron chi connectivity index (χ0n) is 13.6. The molecule has 6 heteroatoms. The smallest absolute Gasteiger partial charge is 0.226 e. The number of hydrogen-bond donors (Lipinski definition) is 0. The first-order chi connectivity index (χ1) is 11.1. The van der Waals surface area contributed by atoms with E-state index in [-0.39, 0.29) is 17.9 Å². The van der Waals surface area contributed by atoms with Crippen molar-refractivity contribution < 1.29 is 13.7 Å². The summed E-state index contributed by atoms with van der Waals surface area (Å²) in [4.78, 5) is 16.8. The Labute approximate surface area is 136 Å². The van der Waals surface area contributed by atoms with Crippen molar-refractivity contribution >= 4 is 5.91 Å². The minimum absolute atomic E-state index is 0.0672. The van der Waals surface area contributed by atoms with Crippen LogP contribution in [-0.4, -0.2) is 41.0 Å². The second-order valence-electron chi connectivity index (χ2n) is 6.18. The molecule has 1 aliphatic heterocycles. The topological polar surface area (TPSA) is 62.7 Å². The van der Waals surface area contributed by atoms with Gasteiger partial charge in [0.15, 0.2) is 0 Å². The molecule has 0 N–H and O–H groups in total. The van der Waals surface area contributed by atoms with Gasteiger partial charge in [-0.15, -0.1) is 0 Å². The van der Waals surface area contributed by atoms with Crippen LogP contribution in [0.3, 0.4) is 0 Å². The minimum Gasteiger partial charge on any atom is -0.468 e. The van der Waals surface area contributed by atoms with Crippen molar-refractivity contribution in [1.29, 1.82) is 0 Å². The van der Waals surface area contributed by atoms with Crippen LogP contribution in [0.25, 0.3) is 0 Å². The van der Waals surface area contributed by atoms with Gasteiger partial charge < -0.3 is 13.8 Å². The maximum absolute atomic E-state index is 12.7. The van der Waals surface area contributed by atoms with Crippen LogP contribution in [0.2, 0.25) is 0 Å². The van der Waals surface area contributed by atoms with E-state index in [1.54, 1.807) is 17.2 Å². The van der Waals surface area contributed by atoms with E-state index in [0.717, 1.165) is 43.9 Å². The molecule has 0 spiro atoms. The van der Waals surface area contributed by atoms with Gasteiger partial charge in [0.1, 0.15) is 17.7 Å². The fourth-order valence-corrected chi connectivity index (χ4v) is 3.08. The van der Waals surface area contributed by atoms with Crippen LogP contribution in [-0.2, 0) is 11.3 Å². The second-order valence-corrected chi connectivity index (χ2v) is 6.18. The molecule has 0 saturated carbocycles. The lowest BCUT2D eigenvalue weighted by Gasteiger charge is -2.34. The molecule has 0 aliphatic carbocycles. The number of furan rings is 1. The largest absolute Gasteiger partial charge is 0.468 e. The highest BCUT2D eigenvalue weighted by Gasteiger charge is 2.30. The van der Waals surface area contributed by atoms with E-state index in [2.05, 4.69) is 10.1 Å². The molecule has 124 valence electrons. The van der Waals surface area contributed by atoms with Crippen molar-refractivity contribution in [2.24, 2.45) is 5.92 Å². The fourth-order valence-electron chi connectivity index (χ4n) is 3.08. The van der Waals surface area contributed by atoms with Gasteiger partial charge in [-0.1, -0.05) is 5.16 Å². The van der Waals surface area contributed by atoms with Crippen LogP contribution in [0, 0.1) is 5.92 Å². The number of carbonyl (C=O) groups is 1. The second kappa shape index (κ2) is 7.00. The van der Waals surface area contributed by atoms with Gasteiger partial charge in [0.25, 0.3) is 0 Å². The van der Waals surface area contributed by atoms with Crippen LogP contribution >= 0.6 is 0 Å². The number of piperidine rings is 1. The van der Waals surface area contributed by atoms with E-state index in [1.165, 1.54) is 6.26 Å². The molecule has 1 saturated heterocycles. The van der Waals surface area contributed by atoms with Gasteiger partial charge in [-0.3, -0.25) is 9.69 Å². The molecule has 1 aliphatic rings. The van der Waals surface area contributed by atoms with Gasteiger partial charge in [0, 0.05) is 19.0 Å². The molecule has 0 aromatic carbocycles. The van der Waals surface area contributed by atoms with Crippen LogP contribution in [0.4, 0.5) is 0 Å². The zero-order valence-corrected chi connectivity index (χ0v) is 13.6. The SMILES string of the molecule is C[C@@H](c1ccon1)N(C)C(=O)C1CCN(Cc2ccco2)CC1. The lowest BCUT2D eigenvalue weighted by molar-refractivity contribution is -0.137. The van der Waals surface area contributed by atoms with E-state index in [0.29, 0.717) is 0 Å². The lowest BCUT2D eigenvalue weighted by Crippen LogP contribution is -2.41. The normalized spacial score (nSPS) is 18.0. The number of likely N-dealkylation sites (tertiary alicyclic amines) is 1. The van der Waals surface area contributed by atoms with Crippen LogP contribution in [0.5, 0.6) is 0 Å². The summed E-state index contributed by atoms with van der Waals surface area (Å²) in [5.41, 5.74) is 0.788. The third-order valence-electron chi connectivity index (χ3n) is 4.71. The summed E-state index contributed by atoms with van der Waals surface area (Å²) in [5, 5.41) is 3.93. The Balaban J connectivity index is 1.51. The van der Waals surface area contributed by atoms with Crippen LogP contribution < -0.4 is 0 Å². The highest BCUT2D eigenvalue weighted by atomic mass is 16.5. The molecule has 3 heterocycles. The quantitative estimate of drug-likeness (QED) is 0.848. The molecule has 1 fully saturated rings. The Morgan fingerprint density at radius 3 is 2.78 bits per heavy atom. The minimum atomic E-state index is -0.0672. The van der Waals surface area contributed by atoms with Crippen LogP contribution in [0.15, 0.2) is 39.7 Å². The highest BCUT2D eigenvalue weighted by Crippen LogP contribution is 2.25. The van der Waals surface area contributed by atoms with Crippen molar-refractivity contribution in [2.75, 3.05) is 20.1 Å². The van der Waals surface area contributed by atoms with Crippen molar-refractivity contribution in [3.63, 3.8) is 0 Å². The van der Waals surface area contributed by atoms with Crippen molar-refractivity contribution in [3.8, 4) is 0 Å². The van der Waals surface area contributed by atoms with Crippen molar-refractivity contribution in [1.82, 2.24) is 15.0 Å². The Bertz CT molecular complexity index is 601. The molecule has 1 amide bonds. The zero-order chi connectivity index (χ0) is 16.2. The third kappa shape index (κ3) is 3.64. The molecular formula is C17H23N3O3. The molecule has 6 nitrogen and oxygen atoms in total. The molecular weight excluding hydrogens is 294 g/mol. The first-order valence-corrected chi connectivity index (χ1v) is 8.07. The van der Waals surface area contributed by atoms with Crippen LogP contribution in [0.1, 0.15) is 37.3 Å². The van der Waals surface area contributed by atoms with Crippen molar-refractivity contribution in [2.45, 2.75) is 32.4 Å². The van der Waals surface area contributed by atoms with E-state index < -0.39 is 0 Å². The summed E-state index contributed by atoms with van der Waals surface area (Å²) in [6, 6.07) is 5.64.